The number of aromatic hydroxyl groups is 1. The summed E-state index contributed by atoms with van der Waals surface area (Å²) in [6.07, 6.45) is 0. The van der Waals surface area contributed by atoms with Crippen LogP contribution in [0.2, 0.25) is 5.02 Å². The lowest BCUT2D eigenvalue weighted by Gasteiger charge is -2.06. The summed E-state index contributed by atoms with van der Waals surface area (Å²) < 4.78 is 5.33. The van der Waals surface area contributed by atoms with Gasteiger partial charge in [-0.15, -0.1) is 11.3 Å². The predicted molar refractivity (Wildman–Crippen MR) is 131 cm³/mol. The quantitative estimate of drug-likeness (QED) is 0.294. The molecule has 0 bridgehead atoms. The summed E-state index contributed by atoms with van der Waals surface area (Å²) >= 11 is 9.51. The number of fused-ring (bicyclic) bond motifs is 2. The molecule has 156 valence electrons. The van der Waals surface area contributed by atoms with Gasteiger partial charge < -0.3 is 9.84 Å². The number of nitrogens with zero attached hydrogens (tertiary/aromatic N) is 2. The minimum absolute atomic E-state index is 0.160. The molecule has 3 aromatic heterocycles. The van der Waals surface area contributed by atoms with Crippen molar-refractivity contribution in [1.82, 2.24) is 9.97 Å². The van der Waals surface area contributed by atoms with E-state index in [9.17, 15) is 5.11 Å². The van der Waals surface area contributed by atoms with Crippen molar-refractivity contribution in [2.45, 2.75) is 19.8 Å². The Bertz CT molecular complexity index is 1440. The van der Waals surface area contributed by atoms with Crippen LogP contribution in [0.1, 0.15) is 24.6 Å². The lowest BCUT2D eigenvalue weighted by Crippen LogP contribution is -1.86. The Hall–Kier alpha value is -2.67. The first-order chi connectivity index (χ1) is 14.9. The summed E-state index contributed by atoms with van der Waals surface area (Å²) in [6, 6.07) is 15.2. The predicted octanol–water partition coefficient (Wildman–Crippen LogP) is 7.73. The molecule has 1 N–H and O–H groups in total. The monoisotopic (exact) mass is 466 g/mol. The second kappa shape index (κ2) is 7.79. The number of phenols is 1. The van der Waals surface area contributed by atoms with Crippen LogP contribution in [0.15, 0.2) is 48.5 Å². The number of benzene rings is 2. The largest absolute Gasteiger partial charge is 0.507 e. The summed E-state index contributed by atoms with van der Waals surface area (Å²) in [7, 11) is 1.60. The first kappa shape index (κ1) is 20.2. The third-order valence-corrected chi connectivity index (χ3v) is 7.71. The smallest absolute Gasteiger partial charge is 0.146 e. The molecule has 31 heavy (non-hydrogen) atoms. The van der Waals surface area contributed by atoms with E-state index in [2.05, 4.69) is 26.0 Å². The lowest BCUT2D eigenvalue weighted by molar-refractivity contribution is 0.412. The van der Waals surface area contributed by atoms with E-state index in [0.717, 1.165) is 31.7 Å². The van der Waals surface area contributed by atoms with Crippen LogP contribution in [0.4, 0.5) is 0 Å². The molecule has 5 aromatic rings. The molecule has 0 spiro atoms. The van der Waals surface area contributed by atoms with Crippen LogP contribution >= 0.6 is 34.3 Å². The highest BCUT2D eigenvalue weighted by Crippen LogP contribution is 2.44. The number of methoxy groups -OCH3 is 1. The molecular formula is C24H19ClN2O2S2. The summed E-state index contributed by atoms with van der Waals surface area (Å²) in [5, 5.41) is 12.9. The molecule has 0 aliphatic carbocycles. The van der Waals surface area contributed by atoms with Gasteiger partial charge in [-0.05, 0) is 47.9 Å². The van der Waals surface area contributed by atoms with E-state index in [0.29, 0.717) is 27.3 Å². The molecule has 0 fully saturated rings. The highest BCUT2D eigenvalue weighted by molar-refractivity contribution is 7.22. The molecule has 2 aromatic carbocycles. The molecule has 0 saturated carbocycles. The molecule has 7 heteroatoms. The SMILES string of the molecule is COc1ccc(O)c(-c2nc3c(-c4cccc(Cl)c4)c4cc(C(C)C)sc4nc3s2)c1. The highest BCUT2D eigenvalue weighted by atomic mass is 35.5. The van der Waals surface area contributed by atoms with Gasteiger partial charge in [-0.25, -0.2) is 9.97 Å². The first-order valence-electron chi connectivity index (χ1n) is 9.82. The molecule has 4 nitrogen and oxygen atoms in total. The zero-order valence-corrected chi connectivity index (χ0v) is 19.5. The fraction of sp³-hybridized carbons (Fsp3) is 0.167. The van der Waals surface area contributed by atoms with Gasteiger partial charge in [0.1, 0.15) is 31.7 Å². The molecule has 0 unspecified atom stereocenters. The minimum atomic E-state index is 0.160. The van der Waals surface area contributed by atoms with E-state index in [1.807, 2.05) is 18.2 Å². The van der Waals surface area contributed by atoms with E-state index in [1.165, 1.54) is 16.2 Å². The molecule has 5 rings (SSSR count). The van der Waals surface area contributed by atoms with Gasteiger partial charge in [0.2, 0.25) is 0 Å². The summed E-state index contributed by atoms with van der Waals surface area (Å²) in [6.45, 7) is 4.38. The molecule has 0 saturated heterocycles. The normalized spacial score (nSPS) is 11.6. The number of thiophene rings is 1. The van der Waals surface area contributed by atoms with Crippen molar-refractivity contribution in [2.75, 3.05) is 7.11 Å². The van der Waals surface area contributed by atoms with E-state index < -0.39 is 0 Å². The Balaban J connectivity index is 1.83. The Labute approximate surface area is 192 Å². The molecule has 0 radical (unpaired) electrons. The summed E-state index contributed by atoms with van der Waals surface area (Å²) in [5.74, 6) is 1.24. The number of ether oxygens (including phenoxy) is 1. The molecule has 0 aliphatic heterocycles. The van der Waals surface area contributed by atoms with E-state index in [1.54, 1.807) is 36.6 Å². The number of rotatable bonds is 4. The van der Waals surface area contributed by atoms with Crippen LogP contribution in [0, 0.1) is 0 Å². The number of hydrogen-bond donors (Lipinski definition) is 1. The van der Waals surface area contributed by atoms with Crippen molar-refractivity contribution in [3.8, 4) is 33.2 Å². The number of pyridine rings is 1. The van der Waals surface area contributed by atoms with Crippen molar-refractivity contribution >= 4 is 54.8 Å². The van der Waals surface area contributed by atoms with E-state index in [-0.39, 0.29) is 5.75 Å². The van der Waals surface area contributed by atoms with Crippen LogP contribution in [-0.2, 0) is 0 Å². The van der Waals surface area contributed by atoms with Crippen LogP contribution in [0.25, 0.3) is 42.3 Å². The molecular weight excluding hydrogens is 448 g/mol. The van der Waals surface area contributed by atoms with Crippen molar-refractivity contribution in [1.29, 1.82) is 0 Å². The summed E-state index contributed by atoms with van der Waals surface area (Å²) in [5.41, 5.74) is 3.47. The standard InChI is InChI=1S/C24H19ClN2O2S2/c1-12(2)19-11-17-20(13-5-4-6-14(25)9-13)21-24(27-23(17)30-19)31-22(26-21)16-10-15(29-3)7-8-18(16)28/h4-12,28H,1-3H3. The summed E-state index contributed by atoms with van der Waals surface area (Å²) in [4.78, 5) is 13.0. The van der Waals surface area contributed by atoms with Gasteiger partial charge in [0.15, 0.2) is 0 Å². The Kier molecular flexibility index (Phi) is 5.08. The Morgan fingerprint density at radius 3 is 2.58 bits per heavy atom. The zero-order chi connectivity index (χ0) is 21.7. The first-order valence-corrected chi connectivity index (χ1v) is 11.8. The Morgan fingerprint density at radius 1 is 1.00 bits per heavy atom. The second-order valence-electron chi connectivity index (χ2n) is 7.58. The van der Waals surface area contributed by atoms with Crippen LogP contribution in [0.5, 0.6) is 11.5 Å². The van der Waals surface area contributed by atoms with Gasteiger partial charge in [0, 0.05) is 20.8 Å². The maximum Gasteiger partial charge on any atom is 0.146 e. The minimum Gasteiger partial charge on any atom is -0.507 e. The average molecular weight is 467 g/mol. The van der Waals surface area contributed by atoms with Crippen LogP contribution < -0.4 is 4.74 Å². The fourth-order valence-corrected chi connectivity index (χ4v) is 5.85. The maximum atomic E-state index is 10.5. The van der Waals surface area contributed by atoms with Gasteiger partial charge in [0.25, 0.3) is 0 Å². The number of thiazole rings is 1. The average Bonchev–Trinajstić information content (AvgIpc) is 3.36. The van der Waals surface area contributed by atoms with E-state index >= 15 is 0 Å². The molecule has 0 amide bonds. The van der Waals surface area contributed by atoms with Gasteiger partial charge in [-0.2, -0.15) is 0 Å². The maximum absolute atomic E-state index is 10.5. The topological polar surface area (TPSA) is 55.2 Å². The van der Waals surface area contributed by atoms with Crippen molar-refractivity contribution < 1.29 is 9.84 Å². The van der Waals surface area contributed by atoms with Crippen molar-refractivity contribution in [3.63, 3.8) is 0 Å². The molecule has 3 heterocycles. The van der Waals surface area contributed by atoms with Gasteiger partial charge >= 0.3 is 0 Å². The third-order valence-electron chi connectivity index (χ3n) is 5.17. The highest BCUT2D eigenvalue weighted by Gasteiger charge is 2.20. The van der Waals surface area contributed by atoms with Gasteiger partial charge in [-0.3, -0.25) is 0 Å². The van der Waals surface area contributed by atoms with Crippen molar-refractivity contribution in [2.24, 2.45) is 0 Å². The third kappa shape index (κ3) is 3.55. The van der Waals surface area contributed by atoms with Gasteiger partial charge in [0.05, 0.1) is 12.7 Å². The van der Waals surface area contributed by atoms with E-state index in [4.69, 9.17) is 26.3 Å². The number of phenolic OH excluding ortho intramolecular Hbond substituents is 1. The fourth-order valence-electron chi connectivity index (χ4n) is 3.58. The zero-order valence-electron chi connectivity index (χ0n) is 17.1. The molecule has 0 atom stereocenters. The Morgan fingerprint density at radius 2 is 1.84 bits per heavy atom. The van der Waals surface area contributed by atoms with Gasteiger partial charge in [-0.1, -0.05) is 48.9 Å². The van der Waals surface area contributed by atoms with Crippen molar-refractivity contribution in [3.05, 3.63) is 58.4 Å². The number of halogens is 1. The number of aromatic nitrogens is 2. The molecule has 0 aliphatic rings. The number of hydrogen-bond acceptors (Lipinski definition) is 6. The van der Waals surface area contributed by atoms with Crippen LogP contribution in [0.3, 0.4) is 0 Å². The second-order valence-corrected chi connectivity index (χ2v) is 10.1. The van der Waals surface area contributed by atoms with Crippen LogP contribution in [-0.4, -0.2) is 22.2 Å². The lowest BCUT2D eigenvalue weighted by atomic mass is 10.0.